The summed E-state index contributed by atoms with van der Waals surface area (Å²) in [7, 11) is 1.64. The summed E-state index contributed by atoms with van der Waals surface area (Å²) in [6.45, 7) is 6.02. The van der Waals surface area contributed by atoms with Gasteiger partial charge in [0.1, 0.15) is 0 Å². The lowest BCUT2D eigenvalue weighted by molar-refractivity contribution is 0.160. The largest absolute Gasteiger partial charge is 0.481 e. The Labute approximate surface area is 143 Å². The first-order valence-electron chi connectivity index (χ1n) is 8.64. The Morgan fingerprint density at radius 3 is 2.67 bits per heavy atom. The van der Waals surface area contributed by atoms with Gasteiger partial charge in [-0.1, -0.05) is 0 Å². The van der Waals surface area contributed by atoms with Crippen molar-refractivity contribution in [2.45, 2.75) is 38.6 Å². The van der Waals surface area contributed by atoms with E-state index in [0.29, 0.717) is 23.6 Å². The van der Waals surface area contributed by atoms with E-state index in [2.05, 4.69) is 15.2 Å². The van der Waals surface area contributed by atoms with E-state index in [4.69, 9.17) is 9.84 Å². The van der Waals surface area contributed by atoms with Crippen LogP contribution >= 0.6 is 0 Å². The Hall–Kier alpha value is -1.98. The summed E-state index contributed by atoms with van der Waals surface area (Å²) < 4.78 is 5.24. The minimum Gasteiger partial charge on any atom is -0.481 e. The zero-order valence-corrected chi connectivity index (χ0v) is 14.7. The quantitative estimate of drug-likeness (QED) is 0.866. The number of nitrogens with one attached hydrogen (secondary N) is 1. The van der Waals surface area contributed by atoms with Gasteiger partial charge in [0, 0.05) is 36.6 Å². The second kappa shape index (κ2) is 6.49. The van der Waals surface area contributed by atoms with Gasteiger partial charge in [-0.15, -0.1) is 0 Å². The summed E-state index contributed by atoms with van der Waals surface area (Å²) >= 11 is 0. The third-order valence-electron chi connectivity index (χ3n) is 5.51. The molecule has 3 atom stereocenters. The smallest absolute Gasteiger partial charge is 0.405 e. The number of rotatable bonds is 5. The monoisotopic (exact) mass is 333 g/mol. The molecule has 2 N–H and O–H groups in total. The van der Waals surface area contributed by atoms with Gasteiger partial charge in [0.05, 0.1) is 7.11 Å². The van der Waals surface area contributed by atoms with Crippen molar-refractivity contribution < 1.29 is 14.6 Å². The zero-order valence-electron chi connectivity index (χ0n) is 14.7. The number of piperidine rings is 1. The van der Waals surface area contributed by atoms with Gasteiger partial charge >= 0.3 is 6.09 Å². The van der Waals surface area contributed by atoms with Gasteiger partial charge in [0.15, 0.2) is 0 Å². The van der Waals surface area contributed by atoms with Crippen LogP contribution in [0, 0.1) is 17.8 Å². The second-order valence-corrected chi connectivity index (χ2v) is 7.74. The Kier molecular flexibility index (Phi) is 4.56. The van der Waals surface area contributed by atoms with Gasteiger partial charge in [-0.05, 0) is 56.9 Å². The first-order chi connectivity index (χ1) is 11.4. The number of nitrogens with zero attached hydrogens (tertiary/aromatic N) is 2. The van der Waals surface area contributed by atoms with Crippen molar-refractivity contribution >= 4 is 11.8 Å². The number of carboxylic acid groups (broad SMARTS) is 1. The fourth-order valence-corrected chi connectivity index (χ4v) is 4.52. The van der Waals surface area contributed by atoms with E-state index in [9.17, 15) is 4.79 Å². The third-order valence-corrected chi connectivity index (χ3v) is 5.51. The Morgan fingerprint density at radius 1 is 1.42 bits per heavy atom. The van der Waals surface area contributed by atoms with E-state index in [-0.39, 0.29) is 5.54 Å². The number of aromatic nitrogens is 1. The average molecular weight is 333 g/mol. The van der Waals surface area contributed by atoms with Crippen LogP contribution < -0.4 is 15.0 Å². The Bertz CT molecular complexity index is 591. The van der Waals surface area contributed by atoms with Crippen LogP contribution in [0.5, 0.6) is 5.88 Å². The fourth-order valence-electron chi connectivity index (χ4n) is 4.52. The van der Waals surface area contributed by atoms with Crippen LogP contribution in [0.3, 0.4) is 0 Å². The number of anilines is 1. The molecule has 6 nitrogen and oxygen atoms in total. The van der Waals surface area contributed by atoms with Crippen molar-refractivity contribution in [1.29, 1.82) is 0 Å². The van der Waals surface area contributed by atoms with E-state index in [1.165, 1.54) is 18.5 Å². The van der Waals surface area contributed by atoms with E-state index in [1.54, 1.807) is 13.3 Å². The maximum absolute atomic E-state index is 11.0. The third kappa shape index (κ3) is 3.57. The standard InChI is InChI=1S/C18H27N3O3/c1-18(2,20-17(22)23)9-15-12-4-5-13(15)11-21(10-12)14-6-7-19-16(8-14)24-3/h6-8,12-13,15,20H,4-5,9-11H2,1-3H3,(H,22,23)/t12-,13+,15+. The predicted molar refractivity (Wildman–Crippen MR) is 92.6 cm³/mol. The van der Waals surface area contributed by atoms with Crippen LogP contribution in [-0.2, 0) is 0 Å². The van der Waals surface area contributed by atoms with Crippen LogP contribution in [0.25, 0.3) is 0 Å². The van der Waals surface area contributed by atoms with Crippen molar-refractivity contribution in [1.82, 2.24) is 10.3 Å². The van der Waals surface area contributed by atoms with Gasteiger partial charge < -0.3 is 20.1 Å². The average Bonchev–Trinajstić information content (AvgIpc) is 2.74. The number of methoxy groups -OCH3 is 1. The molecule has 132 valence electrons. The molecule has 3 rings (SSSR count). The van der Waals surface area contributed by atoms with Crippen molar-refractivity contribution in [2.75, 3.05) is 25.1 Å². The molecule has 1 aromatic rings. The highest BCUT2D eigenvalue weighted by Crippen LogP contribution is 2.46. The molecule has 1 aromatic heterocycles. The lowest BCUT2D eigenvalue weighted by atomic mass is 9.77. The molecule has 2 bridgehead atoms. The molecular formula is C18H27N3O3. The number of hydrogen-bond acceptors (Lipinski definition) is 4. The SMILES string of the molecule is COc1cc(N2C[C@H]3CC[C@@H](C2)[C@H]3CC(C)(C)NC(=O)O)ccn1. The van der Waals surface area contributed by atoms with Gasteiger partial charge in [-0.2, -0.15) is 0 Å². The summed E-state index contributed by atoms with van der Waals surface area (Å²) in [5.74, 6) is 2.48. The van der Waals surface area contributed by atoms with Crippen LogP contribution in [0.15, 0.2) is 18.3 Å². The van der Waals surface area contributed by atoms with Gasteiger partial charge in [-0.25, -0.2) is 9.78 Å². The highest BCUT2D eigenvalue weighted by Gasteiger charge is 2.44. The molecule has 1 aliphatic heterocycles. The van der Waals surface area contributed by atoms with E-state index in [0.717, 1.165) is 19.5 Å². The van der Waals surface area contributed by atoms with Crippen LogP contribution in [-0.4, -0.2) is 41.9 Å². The zero-order chi connectivity index (χ0) is 17.3. The van der Waals surface area contributed by atoms with Crippen LogP contribution in [0.2, 0.25) is 0 Å². The van der Waals surface area contributed by atoms with Crippen LogP contribution in [0.1, 0.15) is 33.1 Å². The molecule has 1 amide bonds. The molecule has 0 unspecified atom stereocenters. The summed E-state index contributed by atoms with van der Waals surface area (Å²) in [4.78, 5) is 17.6. The molecule has 2 aliphatic rings. The Balaban J connectivity index is 1.69. The van der Waals surface area contributed by atoms with E-state index < -0.39 is 6.09 Å². The molecule has 0 spiro atoms. The topological polar surface area (TPSA) is 74.7 Å². The molecule has 6 heteroatoms. The maximum atomic E-state index is 11.0. The Morgan fingerprint density at radius 2 is 2.08 bits per heavy atom. The highest BCUT2D eigenvalue weighted by molar-refractivity contribution is 5.65. The van der Waals surface area contributed by atoms with Crippen molar-refractivity contribution in [2.24, 2.45) is 17.8 Å². The summed E-state index contributed by atoms with van der Waals surface area (Å²) in [6.07, 6.45) is 4.23. The molecular weight excluding hydrogens is 306 g/mol. The van der Waals surface area contributed by atoms with Crippen molar-refractivity contribution in [3.05, 3.63) is 18.3 Å². The molecule has 0 aromatic carbocycles. The number of amides is 1. The molecule has 2 heterocycles. The number of fused-ring (bicyclic) bond motifs is 2. The lowest BCUT2D eigenvalue weighted by Gasteiger charge is -2.42. The minimum absolute atomic E-state index is 0.376. The maximum Gasteiger partial charge on any atom is 0.405 e. The van der Waals surface area contributed by atoms with Crippen LogP contribution in [0.4, 0.5) is 10.5 Å². The number of hydrogen-bond donors (Lipinski definition) is 2. The number of carbonyl (C=O) groups is 1. The number of ether oxygens (including phenoxy) is 1. The fraction of sp³-hybridized carbons (Fsp3) is 0.667. The first-order valence-corrected chi connectivity index (χ1v) is 8.64. The van der Waals surface area contributed by atoms with E-state index in [1.807, 2.05) is 26.0 Å². The molecule has 24 heavy (non-hydrogen) atoms. The normalized spacial score (nSPS) is 26.3. The summed E-state index contributed by atoms with van der Waals surface area (Å²) in [6, 6.07) is 4.04. The predicted octanol–water partition coefficient (Wildman–Crippen LogP) is 2.99. The lowest BCUT2D eigenvalue weighted by Crippen LogP contribution is -2.49. The molecule has 1 saturated heterocycles. The summed E-state index contributed by atoms with van der Waals surface area (Å²) in [5, 5.41) is 11.7. The molecule has 2 fully saturated rings. The summed E-state index contributed by atoms with van der Waals surface area (Å²) in [5.41, 5.74) is 0.791. The van der Waals surface area contributed by atoms with E-state index >= 15 is 0 Å². The van der Waals surface area contributed by atoms with Gasteiger partial charge in [-0.3, -0.25) is 0 Å². The highest BCUT2D eigenvalue weighted by atomic mass is 16.5. The molecule has 0 radical (unpaired) electrons. The van der Waals surface area contributed by atoms with Crippen molar-refractivity contribution in [3.63, 3.8) is 0 Å². The van der Waals surface area contributed by atoms with Gasteiger partial charge in [0.2, 0.25) is 5.88 Å². The molecule has 1 aliphatic carbocycles. The minimum atomic E-state index is -0.936. The second-order valence-electron chi connectivity index (χ2n) is 7.74. The molecule has 1 saturated carbocycles. The number of pyridine rings is 1. The van der Waals surface area contributed by atoms with Crippen molar-refractivity contribution in [3.8, 4) is 5.88 Å². The van der Waals surface area contributed by atoms with Gasteiger partial charge in [0.25, 0.3) is 0 Å². The first kappa shape index (κ1) is 16.9.